The number of hydrogen-bond donors (Lipinski definition) is 1. The zero-order valence-electron chi connectivity index (χ0n) is 14.7. The second-order valence-electron chi connectivity index (χ2n) is 6.11. The molecule has 1 atom stereocenters. The highest BCUT2D eigenvalue weighted by atomic mass is 16.4. The minimum Gasteiger partial charge on any atom is -0.478 e. The lowest BCUT2D eigenvalue weighted by Crippen LogP contribution is -2.59. The van der Waals surface area contributed by atoms with Crippen molar-refractivity contribution in [3.05, 3.63) is 65.7 Å². The van der Waals surface area contributed by atoms with Crippen LogP contribution in [0.15, 0.2) is 54.6 Å². The van der Waals surface area contributed by atoms with Crippen LogP contribution in [0, 0.1) is 0 Å². The molecule has 1 unspecified atom stereocenters. The molecule has 1 aliphatic rings. The van der Waals surface area contributed by atoms with E-state index in [0.29, 0.717) is 12.1 Å². The third-order valence-electron chi connectivity index (χ3n) is 4.37. The fourth-order valence-corrected chi connectivity index (χ4v) is 3.15. The molecule has 1 heterocycles. The summed E-state index contributed by atoms with van der Waals surface area (Å²) in [5, 5.41) is 9.46. The number of carboxylic acid groups (broad SMARTS) is 1. The Morgan fingerprint density at radius 2 is 1.59 bits per heavy atom. The number of hydrogen-bond acceptors (Lipinski definition) is 4. The van der Waals surface area contributed by atoms with Crippen LogP contribution in [0.3, 0.4) is 0 Å². The van der Waals surface area contributed by atoms with E-state index in [9.17, 15) is 24.3 Å². The lowest BCUT2D eigenvalue weighted by atomic mass is 9.90. The first kappa shape index (κ1) is 18.3. The Balaban J connectivity index is 2.16. The molecule has 7 nitrogen and oxygen atoms in total. The molecule has 1 aliphatic heterocycles. The second kappa shape index (κ2) is 7.41. The normalized spacial score (nSPS) is 17.4. The van der Waals surface area contributed by atoms with Crippen LogP contribution in [-0.4, -0.2) is 40.4 Å². The SMILES string of the molecule is CCCN1C(=O)C(c2ccccc2C(=O)O)C(=O)N(c2ccccc2)C1=O. The van der Waals surface area contributed by atoms with Gasteiger partial charge in [0.2, 0.25) is 5.91 Å². The van der Waals surface area contributed by atoms with Gasteiger partial charge in [0.1, 0.15) is 5.92 Å². The number of nitrogens with zero attached hydrogens (tertiary/aromatic N) is 2. The molecule has 0 spiro atoms. The van der Waals surface area contributed by atoms with Gasteiger partial charge in [-0.05, 0) is 30.2 Å². The number of para-hydroxylation sites is 1. The maximum Gasteiger partial charge on any atom is 0.338 e. The van der Waals surface area contributed by atoms with E-state index in [1.165, 1.54) is 18.2 Å². The zero-order valence-corrected chi connectivity index (χ0v) is 14.7. The number of benzene rings is 2. The summed E-state index contributed by atoms with van der Waals surface area (Å²) in [5.41, 5.74) is 0.274. The Hall–Kier alpha value is -3.48. The van der Waals surface area contributed by atoms with Crippen molar-refractivity contribution < 1.29 is 24.3 Å². The highest BCUT2D eigenvalue weighted by Gasteiger charge is 2.47. The first-order valence-electron chi connectivity index (χ1n) is 8.54. The van der Waals surface area contributed by atoms with Crippen molar-refractivity contribution in [2.24, 2.45) is 0 Å². The van der Waals surface area contributed by atoms with E-state index in [1.54, 1.807) is 36.4 Å². The molecule has 0 radical (unpaired) electrons. The van der Waals surface area contributed by atoms with Crippen molar-refractivity contribution in [1.82, 2.24) is 4.90 Å². The summed E-state index contributed by atoms with van der Waals surface area (Å²) in [7, 11) is 0. The van der Waals surface area contributed by atoms with Gasteiger partial charge in [0.05, 0.1) is 11.3 Å². The summed E-state index contributed by atoms with van der Waals surface area (Å²) >= 11 is 0. The number of rotatable bonds is 5. The molecular formula is C20H18N2O5. The van der Waals surface area contributed by atoms with Crippen LogP contribution in [-0.2, 0) is 9.59 Å². The molecule has 1 N–H and O–H groups in total. The van der Waals surface area contributed by atoms with Gasteiger partial charge < -0.3 is 5.11 Å². The Bertz CT molecular complexity index is 910. The largest absolute Gasteiger partial charge is 0.478 e. The number of amides is 4. The maximum absolute atomic E-state index is 13.1. The number of aromatic carboxylic acids is 1. The molecule has 0 bridgehead atoms. The molecule has 0 aliphatic carbocycles. The van der Waals surface area contributed by atoms with E-state index in [2.05, 4.69) is 0 Å². The van der Waals surface area contributed by atoms with Crippen LogP contribution in [0.1, 0.15) is 35.2 Å². The van der Waals surface area contributed by atoms with Gasteiger partial charge in [0.15, 0.2) is 0 Å². The highest BCUT2D eigenvalue weighted by molar-refractivity contribution is 6.30. The molecule has 0 aromatic heterocycles. The van der Waals surface area contributed by atoms with E-state index in [1.807, 2.05) is 6.92 Å². The van der Waals surface area contributed by atoms with E-state index in [4.69, 9.17) is 0 Å². The molecule has 7 heteroatoms. The number of carbonyl (C=O) groups is 4. The molecule has 2 aromatic rings. The predicted octanol–water partition coefficient (Wildman–Crippen LogP) is 2.87. The van der Waals surface area contributed by atoms with Crippen LogP contribution in [0.5, 0.6) is 0 Å². The minimum atomic E-state index is -1.39. The third-order valence-corrected chi connectivity index (χ3v) is 4.37. The lowest BCUT2D eigenvalue weighted by Gasteiger charge is -2.37. The quantitative estimate of drug-likeness (QED) is 0.821. The average Bonchev–Trinajstić information content (AvgIpc) is 2.66. The fraction of sp³-hybridized carbons (Fsp3) is 0.200. The smallest absolute Gasteiger partial charge is 0.338 e. The maximum atomic E-state index is 13.1. The van der Waals surface area contributed by atoms with Gasteiger partial charge in [0.25, 0.3) is 5.91 Å². The van der Waals surface area contributed by atoms with Crippen LogP contribution < -0.4 is 4.90 Å². The van der Waals surface area contributed by atoms with Crippen LogP contribution in [0.25, 0.3) is 0 Å². The molecule has 27 heavy (non-hydrogen) atoms. The van der Waals surface area contributed by atoms with Gasteiger partial charge in [-0.1, -0.05) is 43.3 Å². The molecule has 1 saturated heterocycles. The Kier molecular flexibility index (Phi) is 5.03. The van der Waals surface area contributed by atoms with Crippen molar-refractivity contribution in [3.63, 3.8) is 0 Å². The molecule has 0 saturated carbocycles. The number of anilines is 1. The molecule has 4 amide bonds. The minimum absolute atomic E-state index is 0.0783. The van der Waals surface area contributed by atoms with Gasteiger partial charge in [-0.2, -0.15) is 0 Å². The zero-order chi connectivity index (χ0) is 19.6. The van der Waals surface area contributed by atoms with E-state index < -0.39 is 29.7 Å². The summed E-state index contributed by atoms with van der Waals surface area (Å²) in [6.45, 7) is 1.95. The van der Waals surface area contributed by atoms with Gasteiger partial charge in [0, 0.05) is 6.54 Å². The van der Waals surface area contributed by atoms with Crippen molar-refractivity contribution in [2.75, 3.05) is 11.4 Å². The van der Waals surface area contributed by atoms with E-state index in [-0.39, 0.29) is 17.7 Å². The topological polar surface area (TPSA) is 95.0 Å². The molecule has 2 aromatic carbocycles. The summed E-state index contributed by atoms with van der Waals surface area (Å²) in [6, 6.07) is 13.4. The first-order valence-corrected chi connectivity index (χ1v) is 8.54. The molecule has 3 rings (SSSR count). The molecule has 1 fully saturated rings. The van der Waals surface area contributed by atoms with E-state index in [0.717, 1.165) is 9.80 Å². The summed E-state index contributed by atoms with van der Waals surface area (Å²) in [4.78, 5) is 52.5. The van der Waals surface area contributed by atoms with Crippen LogP contribution in [0.4, 0.5) is 10.5 Å². The van der Waals surface area contributed by atoms with Crippen molar-refractivity contribution >= 4 is 29.5 Å². The highest BCUT2D eigenvalue weighted by Crippen LogP contribution is 2.32. The van der Waals surface area contributed by atoms with Crippen molar-refractivity contribution in [2.45, 2.75) is 19.3 Å². The van der Waals surface area contributed by atoms with Gasteiger partial charge in [-0.25, -0.2) is 14.5 Å². The molecule has 138 valence electrons. The second-order valence-corrected chi connectivity index (χ2v) is 6.11. The monoisotopic (exact) mass is 366 g/mol. The Labute approximate surface area is 155 Å². The summed E-state index contributed by atoms with van der Waals surface area (Å²) in [5.74, 6) is -4.08. The van der Waals surface area contributed by atoms with Crippen LogP contribution in [0.2, 0.25) is 0 Å². The number of carboxylic acids is 1. The number of carbonyl (C=O) groups excluding carboxylic acids is 3. The lowest BCUT2D eigenvalue weighted by molar-refractivity contribution is -0.137. The van der Waals surface area contributed by atoms with E-state index >= 15 is 0 Å². The number of imide groups is 2. The van der Waals surface area contributed by atoms with Crippen molar-refractivity contribution in [3.8, 4) is 0 Å². The van der Waals surface area contributed by atoms with Gasteiger partial charge in [-0.3, -0.25) is 14.5 Å². The first-order chi connectivity index (χ1) is 13.0. The average molecular weight is 366 g/mol. The van der Waals surface area contributed by atoms with Crippen LogP contribution >= 0.6 is 0 Å². The third kappa shape index (κ3) is 3.19. The molecular weight excluding hydrogens is 348 g/mol. The standard InChI is InChI=1S/C20H18N2O5/c1-2-12-21-17(23)16(14-10-6-7-11-15(14)19(25)26)18(24)22(20(21)27)13-8-4-3-5-9-13/h3-11,16H,2,12H2,1H3,(H,25,26). The Morgan fingerprint density at radius 3 is 2.22 bits per heavy atom. The fourth-order valence-electron chi connectivity index (χ4n) is 3.15. The summed E-state index contributed by atoms with van der Waals surface area (Å²) in [6.07, 6.45) is 0.515. The van der Waals surface area contributed by atoms with Gasteiger partial charge >= 0.3 is 12.0 Å². The van der Waals surface area contributed by atoms with Gasteiger partial charge in [-0.15, -0.1) is 0 Å². The number of barbiturate groups is 1. The Morgan fingerprint density at radius 1 is 0.963 bits per heavy atom. The predicted molar refractivity (Wildman–Crippen MR) is 97.5 cm³/mol. The summed E-state index contributed by atoms with van der Waals surface area (Å²) < 4.78 is 0. The number of urea groups is 1. The van der Waals surface area contributed by atoms with Crippen molar-refractivity contribution in [1.29, 1.82) is 0 Å².